The van der Waals surface area contributed by atoms with E-state index in [0.29, 0.717) is 65.0 Å². The number of rotatable bonds is 50. The van der Waals surface area contributed by atoms with Crippen molar-refractivity contribution in [2.24, 2.45) is 0 Å². The van der Waals surface area contributed by atoms with Crippen LogP contribution in [0.4, 0.5) is 0 Å². The molecule has 0 saturated heterocycles. The van der Waals surface area contributed by atoms with E-state index in [9.17, 15) is 30.0 Å². The van der Waals surface area contributed by atoms with Crippen LogP contribution < -0.4 is 0 Å². The van der Waals surface area contributed by atoms with E-state index in [1.54, 1.807) is 0 Å². The van der Waals surface area contributed by atoms with Gasteiger partial charge in [0.05, 0.1) is 24.4 Å². The summed E-state index contributed by atoms with van der Waals surface area (Å²) < 4.78 is 10.7. The van der Waals surface area contributed by atoms with Gasteiger partial charge in [0.2, 0.25) is 0 Å². The molecule has 0 bridgehead atoms. The number of unbranched alkanes of at least 4 members (excludes halogenated alkanes) is 28. The first kappa shape index (κ1) is 62.7. The Morgan fingerprint density at radius 2 is 0.516 bits per heavy atom. The molecule has 10 nitrogen and oxygen atoms in total. The average Bonchev–Trinajstić information content (AvgIpc) is 3.27. The lowest BCUT2D eigenvalue weighted by molar-refractivity contribution is -0.168. The monoisotopic (exact) mass is 913 g/mol. The van der Waals surface area contributed by atoms with E-state index < -0.39 is 36.4 Å². The smallest absolute Gasteiger partial charge is 0.417 e. The van der Waals surface area contributed by atoms with Gasteiger partial charge in [-0.3, -0.25) is 9.80 Å². The zero-order chi connectivity index (χ0) is 47.1. The van der Waals surface area contributed by atoms with Crippen LogP contribution in [0.1, 0.15) is 259 Å². The normalized spacial score (nSPS) is 13.7. The molecular weight excluding hydrogens is 805 g/mol. The zero-order valence-electron chi connectivity index (χ0n) is 42.7. The van der Waals surface area contributed by atoms with Crippen molar-refractivity contribution in [3.63, 3.8) is 0 Å². The standard InChI is InChI=1S/C54H108N2O8/c1-5-9-13-17-21-25-29-33-37-49(57)45-55(46-50(58)38-34-30-26-22-18-14-10-6-2)41-43-63-53(61)54(62)64-44-42-56(47-51(59)39-35-31-27-23-19-15-11-7-3)48-52(60)40-36-32-28-24-20-16-12-8-4/h49-52,57-60H,5-48H2,1-4H3. The quantitative estimate of drug-likeness (QED) is 0.0265. The molecule has 0 saturated carbocycles. The van der Waals surface area contributed by atoms with Gasteiger partial charge in [0.15, 0.2) is 0 Å². The minimum atomic E-state index is -1.06. The average molecular weight is 913 g/mol. The van der Waals surface area contributed by atoms with Crippen molar-refractivity contribution < 1.29 is 39.5 Å². The fourth-order valence-corrected chi connectivity index (χ4v) is 8.78. The van der Waals surface area contributed by atoms with E-state index in [0.717, 1.165) is 51.4 Å². The van der Waals surface area contributed by atoms with Crippen LogP contribution >= 0.6 is 0 Å². The molecule has 4 N–H and O–H groups in total. The summed E-state index contributed by atoms with van der Waals surface area (Å²) in [4.78, 5) is 29.4. The molecule has 0 aromatic carbocycles. The summed E-state index contributed by atoms with van der Waals surface area (Å²) in [5, 5.41) is 43.8. The molecule has 0 aliphatic carbocycles. The fraction of sp³-hybridized carbons (Fsp3) is 0.963. The van der Waals surface area contributed by atoms with E-state index in [2.05, 4.69) is 27.7 Å². The van der Waals surface area contributed by atoms with Gasteiger partial charge in [-0.1, -0.05) is 233 Å². The summed E-state index contributed by atoms with van der Waals surface area (Å²) in [5.74, 6) is -2.12. The molecule has 4 atom stereocenters. The van der Waals surface area contributed by atoms with Crippen molar-refractivity contribution in [2.75, 3.05) is 52.5 Å². The maximum atomic E-state index is 12.8. The first-order chi connectivity index (χ1) is 31.2. The number of ether oxygens (including phenoxy) is 2. The van der Waals surface area contributed by atoms with Crippen LogP contribution in [0.3, 0.4) is 0 Å². The molecule has 0 aromatic rings. The van der Waals surface area contributed by atoms with E-state index >= 15 is 0 Å². The van der Waals surface area contributed by atoms with Gasteiger partial charge in [-0.2, -0.15) is 0 Å². The van der Waals surface area contributed by atoms with Gasteiger partial charge in [0.25, 0.3) is 0 Å². The molecular formula is C54H108N2O8. The molecule has 0 aliphatic rings. The Morgan fingerprint density at radius 1 is 0.328 bits per heavy atom. The molecule has 0 aliphatic heterocycles. The summed E-state index contributed by atoms with van der Waals surface area (Å²) in [6.07, 6.45) is 39.0. The number of aliphatic hydroxyl groups excluding tert-OH is 4. The third-order valence-electron chi connectivity index (χ3n) is 12.9. The van der Waals surface area contributed by atoms with Crippen molar-refractivity contribution >= 4 is 11.9 Å². The van der Waals surface area contributed by atoms with E-state index in [1.165, 1.54) is 154 Å². The highest BCUT2D eigenvalue weighted by atomic mass is 16.6. The van der Waals surface area contributed by atoms with Gasteiger partial charge in [-0.25, -0.2) is 9.59 Å². The first-order valence-electron chi connectivity index (χ1n) is 27.7. The summed E-state index contributed by atoms with van der Waals surface area (Å²) in [5.41, 5.74) is 0. The predicted molar refractivity (Wildman–Crippen MR) is 268 cm³/mol. The van der Waals surface area contributed by atoms with Crippen LogP contribution in [0.15, 0.2) is 0 Å². The van der Waals surface area contributed by atoms with E-state index in [-0.39, 0.29) is 13.2 Å². The maximum absolute atomic E-state index is 12.8. The van der Waals surface area contributed by atoms with Gasteiger partial charge in [0, 0.05) is 39.3 Å². The number of carbonyl (C=O) groups excluding carboxylic acids is 2. The predicted octanol–water partition coefficient (Wildman–Crippen LogP) is 12.2. The summed E-state index contributed by atoms with van der Waals surface area (Å²) in [6.45, 7) is 10.9. The minimum Gasteiger partial charge on any atom is -0.456 e. The highest BCUT2D eigenvalue weighted by Gasteiger charge is 2.22. The Kier molecular flexibility index (Phi) is 47.2. The Balaban J connectivity index is 5.04. The van der Waals surface area contributed by atoms with Gasteiger partial charge >= 0.3 is 11.9 Å². The molecule has 0 fully saturated rings. The van der Waals surface area contributed by atoms with Crippen LogP contribution in [-0.2, 0) is 19.1 Å². The first-order valence-corrected chi connectivity index (χ1v) is 27.7. The molecule has 10 heteroatoms. The van der Waals surface area contributed by atoms with Crippen molar-refractivity contribution in [3.05, 3.63) is 0 Å². The van der Waals surface area contributed by atoms with Crippen molar-refractivity contribution in [1.82, 2.24) is 9.80 Å². The number of esters is 2. The Hall–Kier alpha value is -1.30. The Bertz CT molecular complexity index is 857. The molecule has 0 spiro atoms. The fourth-order valence-electron chi connectivity index (χ4n) is 8.78. The molecule has 4 unspecified atom stereocenters. The Morgan fingerprint density at radius 3 is 0.719 bits per heavy atom. The number of carbonyl (C=O) groups is 2. The topological polar surface area (TPSA) is 140 Å². The van der Waals surface area contributed by atoms with E-state index in [1.807, 2.05) is 9.80 Å². The molecule has 0 heterocycles. The number of aliphatic hydroxyl groups is 4. The molecule has 382 valence electrons. The molecule has 0 radical (unpaired) electrons. The molecule has 0 aromatic heterocycles. The summed E-state index contributed by atoms with van der Waals surface area (Å²) >= 11 is 0. The third kappa shape index (κ3) is 43.3. The highest BCUT2D eigenvalue weighted by Crippen LogP contribution is 2.16. The molecule has 64 heavy (non-hydrogen) atoms. The van der Waals surface area contributed by atoms with Crippen LogP contribution in [0.5, 0.6) is 0 Å². The van der Waals surface area contributed by atoms with Gasteiger partial charge in [-0.15, -0.1) is 0 Å². The van der Waals surface area contributed by atoms with Crippen molar-refractivity contribution in [1.29, 1.82) is 0 Å². The van der Waals surface area contributed by atoms with Crippen molar-refractivity contribution in [2.45, 2.75) is 283 Å². The zero-order valence-corrected chi connectivity index (χ0v) is 42.7. The van der Waals surface area contributed by atoms with Crippen LogP contribution in [0.2, 0.25) is 0 Å². The second kappa shape index (κ2) is 48.2. The third-order valence-corrected chi connectivity index (χ3v) is 12.9. The molecule has 0 rings (SSSR count). The number of nitrogens with zero attached hydrogens (tertiary/aromatic N) is 2. The number of hydrogen-bond acceptors (Lipinski definition) is 10. The van der Waals surface area contributed by atoms with Gasteiger partial charge in [0.1, 0.15) is 13.2 Å². The SMILES string of the molecule is CCCCCCCCCCC(O)CN(CCOC(=O)C(=O)OCCN(CC(O)CCCCCCCCCC)CC(O)CCCCCCCCCC)CC(O)CCCCCCCCCC. The lowest BCUT2D eigenvalue weighted by atomic mass is 10.0. The van der Waals surface area contributed by atoms with Crippen LogP contribution in [0, 0.1) is 0 Å². The van der Waals surface area contributed by atoms with Crippen molar-refractivity contribution in [3.8, 4) is 0 Å². The number of hydrogen-bond donors (Lipinski definition) is 4. The van der Waals surface area contributed by atoms with Crippen LogP contribution in [-0.4, -0.2) is 119 Å². The second-order valence-electron chi connectivity index (χ2n) is 19.5. The second-order valence-corrected chi connectivity index (χ2v) is 19.5. The largest absolute Gasteiger partial charge is 0.456 e. The summed E-state index contributed by atoms with van der Waals surface area (Å²) in [7, 11) is 0. The lowest BCUT2D eigenvalue weighted by Gasteiger charge is -2.27. The van der Waals surface area contributed by atoms with E-state index in [4.69, 9.17) is 9.47 Å². The Labute approximate surface area is 395 Å². The highest BCUT2D eigenvalue weighted by molar-refractivity contribution is 6.29. The van der Waals surface area contributed by atoms with Crippen LogP contribution in [0.25, 0.3) is 0 Å². The lowest BCUT2D eigenvalue weighted by Crippen LogP contribution is -2.41. The van der Waals surface area contributed by atoms with Gasteiger partial charge in [-0.05, 0) is 25.7 Å². The molecule has 0 amide bonds. The summed E-state index contributed by atoms with van der Waals surface area (Å²) in [6, 6.07) is 0. The minimum absolute atomic E-state index is 0.0507. The maximum Gasteiger partial charge on any atom is 0.417 e. The van der Waals surface area contributed by atoms with Gasteiger partial charge < -0.3 is 29.9 Å².